The van der Waals surface area contributed by atoms with Crippen LogP contribution in [0.15, 0.2) is 42.7 Å². The molecule has 0 amide bonds. The molecule has 0 saturated carbocycles. The highest BCUT2D eigenvalue weighted by Crippen LogP contribution is 2.27. The maximum Gasteiger partial charge on any atom is 0.121 e. The van der Waals surface area contributed by atoms with E-state index in [0.29, 0.717) is 5.92 Å². The summed E-state index contributed by atoms with van der Waals surface area (Å²) in [7, 11) is 3.68. The van der Waals surface area contributed by atoms with E-state index in [1.165, 1.54) is 11.1 Å². The zero-order chi connectivity index (χ0) is 13.7. The van der Waals surface area contributed by atoms with Gasteiger partial charge in [0, 0.05) is 24.9 Å². The van der Waals surface area contributed by atoms with Crippen molar-refractivity contribution >= 4 is 0 Å². The first-order chi connectivity index (χ1) is 9.26. The van der Waals surface area contributed by atoms with Crippen LogP contribution in [-0.2, 0) is 0 Å². The van der Waals surface area contributed by atoms with Gasteiger partial charge in [0.15, 0.2) is 0 Å². The highest BCUT2D eigenvalue weighted by atomic mass is 16.5. The predicted molar refractivity (Wildman–Crippen MR) is 77.7 cm³/mol. The van der Waals surface area contributed by atoms with E-state index in [1.807, 2.05) is 25.5 Å². The Bertz CT molecular complexity index is 526. The molecular weight excluding hydrogens is 236 g/mol. The van der Waals surface area contributed by atoms with Crippen molar-refractivity contribution in [2.45, 2.75) is 12.8 Å². The van der Waals surface area contributed by atoms with Crippen molar-refractivity contribution in [1.29, 1.82) is 0 Å². The second kappa shape index (κ2) is 6.34. The highest BCUT2D eigenvalue weighted by Gasteiger charge is 2.14. The number of benzene rings is 1. The molecule has 0 radical (unpaired) electrons. The Balaban J connectivity index is 2.37. The number of hydrogen-bond acceptors (Lipinski definition) is 3. The van der Waals surface area contributed by atoms with Crippen LogP contribution in [0.25, 0.3) is 0 Å². The standard InChI is InChI=1S/C16H20N2O/c1-12-10-14(4-5-16(12)19-3)15(11-17-2)13-6-8-18-9-7-13/h4-10,15,17H,11H2,1-3H3. The van der Waals surface area contributed by atoms with Crippen molar-refractivity contribution in [2.24, 2.45) is 0 Å². The molecule has 3 nitrogen and oxygen atoms in total. The monoisotopic (exact) mass is 256 g/mol. The lowest BCUT2D eigenvalue weighted by molar-refractivity contribution is 0.411. The van der Waals surface area contributed by atoms with Crippen LogP contribution in [0.5, 0.6) is 5.75 Å². The minimum absolute atomic E-state index is 0.331. The maximum absolute atomic E-state index is 5.32. The SMILES string of the molecule is CNCC(c1ccncc1)c1ccc(OC)c(C)c1. The molecule has 0 aliphatic rings. The fraction of sp³-hybridized carbons (Fsp3) is 0.312. The Morgan fingerprint density at radius 1 is 1.16 bits per heavy atom. The molecule has 1 heterocycles. The number of methoxy groups -OCH3 is 1. The number of nitrogens with zero attached hydrogens (tertiary/aromatic N) is 1. The van der Waals surface area contributed by atoms with E-state index in [-0.39, 0.29) is 0 Å². The number of likely N-dealkylation sites (N-methyl/N-ethyl adjacent to an activating group) is 1. The Kier molecular flexibility index (Phi) is 4.53. The average molecular weight is 256 g/mol. The van der Waals surface area contributed by atoms with Crippen molar-refractivity contribution in [3.05, 3.63) is 59.4 Å². The average Bonchev–Trinajstić information content (AvgIpc) is 2.45. The molecule has 3 heteroatoms. The minimum atomic E-state index is 0.331. The molecule has 1 N–H and O–H groups in total. The number of aromatic nitrogens is 1. The summed E-state index contributed by atoms with van der Waals surface area (Å²) in [6, 6.07) is 10.5. The Labute approximate surface area is 114 Å². The summed E-state index contributed by atoms with van der Waals surface area (Å²) in [5, 5.41) is 3.26. The third kappa shape index (κ3) is 3.12. The lowest BCUT2D eigenvalue weighted by Gasteiger charge is -2.18. The largest absolute Gasteiger partial charge is 0.496 e. The minimum Gasteiger partial charge on any atom is -0.496 e. The van der Waals surface area contributed by atoms with Gasteiger partial charge in [-0.15, -0.1) is 0 Å². The van der Waals surface area contributed by atoms with Crippen molar-refractivity contribution < 1.29 is 4.74 Å². The topological polar surface area (TPSA) is 34.2 Å². The van der Waals surface area contributed by atoms with Crippen molar-refractivity contribution in [2.75, 3.05) is 20.7 Å². The smallest absolute Gasteiger partial charge is 0.121 e. The van der Waals surface area contributed by atoms with Crippen LogP contribution >= 0.6 is 0 Å². The van der Waals surface area contributed by atoms with E-state index in [0.717, 1.165) is 17.9 Å². The molecule has 2 rings (SSSR count). The fourth-order valence-corrected chi connectivity index (χ4v) is 2.35. The van der Waals surface area contributed by atoms with Crippen molar-refractivity contribution in [3.8, 4) is 5.75 Å². The summed E-state index contributed by atoms with van der Waals surface area (Å²) in [6.07, 6.45) is 3.68. The van der Waals surface area contributed by atoms with Gasteiger partial charge in [-0.05, 0) is 48.9 Å². The molecule has 1 aromatic carbocycles. The molecule has 1 unspecified atom stereocenters. The van der Waals surface area contributed by atoms with Crippen LogP contribution < -0.4 is 10.1 Å². The van der Waals surface area contributed by atoms with Crippen LogP contribution in [0.2, 0.25) is 0 Å². The van der Waals surface area contributed by atoms with Gasteiger partial charge < -0.3 is 10.1 Å². The molecule has 0 spiro atoms. The van der Waals surface area contributed by atoms with Crippen LogP contribution in [0.3, 0.4) is 0 Å². The third-order valence-electron chi connectivity index (χ3n) is 3.34. The van der Waals surface area contributed by atoms with Crippen LogP contribution in [0.4, 0.5) is 0 Å². The number of aryl methyl sites for hydroxylation is 1. The molecule has 0 fully saturated rings. The van der Waals surface area contributed by atoms with E-state index in [1.54, 1.807) is 7.11 Å². The molecule has 2 aromatic rings. The fourth-order valence-electron chi connectivity index (χ4n) is 2.35. The van der Waals surface area contributed by atoms with Crippen molar-refractivity contribution in [3.63, 3.8) is 0 Å². The third-order valence-corrected chi connectivity index (χ3v) is 3.34. The maximum atomic E-state index is 5.32. The second-order valence-electron chi connectivity index (χ2n) is 4.62. The Hall–Kier alpha value is -1.87. The highest BCUT2D eigenvalue weighted by molar-refractivity contribution is 5.41. The molecule has 19 heavy (non-hydrogen) atoms. The lowest BCUT2D eigenvalue weighted by Crippen LogP contribution is -2.18. The Morgan fingerprint density at radius 2 is 1.89 bits per heavy atom. The summed E-state index contributed by atoms with van der Waals surface area (Å²) in [5.41, 5.74) is 3.72. The molecule has 1 atom stereocenters. The van der Waals surface area contributed by atoms with E-state index >= 15 is 0 Å². The zero-order valence-electron chi connectivity index (χ0n) is 11.7. The van der Waals surface area contributed by atoms with E-state index in [4.69, 9.17) is 4.74 Å². The molecule has 0 bridgehead atoms. The number of pyridine rings is 1. The van der Waals surface area contributed by atoms with Gasteiger partial charge in [0.2, 0.25) is 0 Å². The van der Waals surface area contributed by atoms with Gasteiger partial charge in [-0.25, -0.2) is 0 Å². The van der Waals surface area contributed by atoms with Crippen LogP contribution in [-0.4, -0.2) is 25.7 Å². The van der Waals surface area contributed by atoms with Gasteiger partial charge in [-0.1, -0.05) is 12.1 Å². The molecule has 1 aromatic heterocycles. The number of ether oxygens (including phenoxy) is 1. The zero-order valence-corrected chi connectivity index (χ0v) is 11.7. The first-order valence-electron chi connectivity index (χ1n) is 6.45. The Morgan fingerprint density at radius 3 is 2.47 bits per heavy atom. The van der Waals surface area contributed by atoms with Crippen molar-refractivity contribution in [1.82, 2.24) is 10.3 Å². The van der Waals surface area contributed by atoms with E-state index in [2.05, 4.69) is 41.5 Å². The van der Waals surface area contributed by atoms with Gasteiger partial charge in [0.05, 0.1) is 7.11 Å². The van der Waals surface area contributed by atoms with Gasteiger partial charge in [-0.2, -0.15) is 0 Å². The summed E-state index contributed by atoms with van der Waals surface area (Å²) >= 11 is 0. The number of rotatable bonds is 5. The van der Waals surface area contributed by atoms with Gasteiger partial charge in [0.1, 0.15) is 5.75 Å². The predicted octanol–water partition coefficient (Wildman–Crippen LogP) is 2.75. The number of nitrogens with one attached hydrogen (secondary N) is 1. The van der Waals surface area contributed by atoms with Crippen LogP contribution in [0.1, 0.15) is 22.6 Å². The summed E-state index contributed by atoms with van der Waals surface area (Å²) in [4.78, 5) is 4.09. The summed E-state index contributed by atoms with van der Waals surface area (Å²) < 4.78 is 5.32. The first kappa shape index (κ1) is 13.6. The molecule has 0 aliphatic carbocycles. The second-order valence-corrected chi connectivity index (χ2v) is 4.62. The molecule has 0 saturated heterocycles. The normalized spacial score (nSPS) is 12.2. The van der Waals surface area contributed by atoms with E-state index < -0.39 is 0 Å². The molecule has 100 valence electrons. The lowest BCUT2D eigenvalue weighted by atomic mass is 9.91. The number of hydrogen-bond donors (Lipinski definition) is 1. The van der Waals surface area contributed by atoms with Gasteiger partial charge >= 0.3 is 0 Å². The van der Waals surface area contributed by atoms with Crippen LogP contribution in [0, 0.1) is 6.92 Å². The summed E-state index contributed by atoms with van der Waals surface area (Å²) in [6.45, 7) is 2.97. The quantitative estimate of drug-likeness (QED) is 0.893. The molecule has 0 aliphatic heterocycles. The first-order valence-corrected chi connectivity index (χ1v) is 6.45. The summed E-state index contributed by atoms with van der Waals surface area (Å²) in [5.74, 6) is 1.26. The van der Waals surface area contributed by atoms with Gasteiger partial charge in [0.25, 0.3) is 0 Å². The van der Waals surface area contributed by atoms with E-state index in [9.17, 15) is 0 Å². The van der Waals surface area contributed by atoms with Gasteiger partial charge in [-0.3, -0.25) is 4.98 Å². The molecular formula is C16H20N2O.